The summed E-state index contributed by atoms with van der Waals surface area (Å²) >= 11 is 0. The fourth-order valence-corrected chi connectivity index (χ4v) is 2.60. The summed E-state index contributed by atoms with van der Waals surface area (Å²) in [5.41, 5.74) is 7.44. The molecule has 2 rings (SSSR count). The molecule has 0 spiro atoms. The molecule has 104 valence electrons. The van der Waals surface area contributed by atoms with Gasteiger partial charge in [-0.2, -0.15) is 0 Å². The first-order valence-electron chi connectivity index (χ1n) is 6.77. The van der Waals surface area contributed by atoms with Gasteiger partial charge in [-0.25, -0.2) is 0 Å². The Balaban J connectivity index is 2.10. The minimum Gasteiger partial charge on any atom is -0.399 e. The molecule has 1 heterocycles. The van der Waals surface area contributed by atoms with Crippen LogP contribution in [0.2, 0.25) is 0 Å². The summed E-state index contributed by atoms with van der Waals surface area (Å²) in [5.74, 6) is -0.0198. The zero-order chi connectivity index (χ0) is 14.0. The van der Waals surface area contributed by atoms with Crippen molar-refractivity contribution < 1.29 is 9.53 Å². The second kappa shape index (κ2) is 5.61. The van der Waals surface area contributed by atoms with Crippen LogP contribution in [0.3, 0.4) is 0 Å². The van der Waals surface area contributed by atoms with E-state index in [0.717, 1.165) is 5.56 Å². The molecule has 0 aromatic heterocycles. The lowest BCUT2D eigenvalue weighted by Gasteiger charge is -2.36. The van der Waals surface area contributed by atoms with E-state index in [1.54, 1.807) is 0 Å². The van der Waals surface area contributed by atoms with Gasteiger partial charge in [0.15, 0.2) is 0 Å². The highest BCUT2D eigenvalue weighted by atomic mass is 16.5. The molecule has 1 aromatic carbocycles. The molecule has 1 aliphatic rings. The van der Waals surface area contributed by atoms with E-state index < -0.39 is 0 Å². The Bertz CT molecular complexity index is 451. The van der Waals surface area contributed by atoms with E-state index in [4.69, 9.17) is 10.5 Å². The van der Waals surface area contributed by atoms with Crippen LogP contribution in [0.15, 0.2) is 24.3 Å². The van der Waals surface area contributed by atoms with Crippen molar-refractivity contribution in [3.05, 3.63) is 29.8 Å². The Labute approximate surface area is 114 Å². The lowest BCUT2D eigenvalue weighted by atomic mass is 9.98. The van der Waals surface area contributed by atoms with Crippen LogP contribution >= 0.6 is 0 Å². The summed E-state index contributed by atoms with van der Waals surface area (Å²) in [6.07, 6.45) is 0.196. The van der Waals surface area contributed by atoms with Crippen LogP contribution in [0.5, 0.6) is 0 Å². The number of hydrogen-bond acceptors (Lipinski definition) is 3. The molecule has 3 atom stereocenters. The highest BCUT2D eigenvalue weighted by Gasteiger charge is 2.29. The largest absolute Gasteiger partial charge is 0.399 e. The fourth-order valence-electron chi connectivity index (χ4n) is 2.60. The van der Waals surface area contributed by atoms with Gasteiger partial charge in [0.25, 0.3) is 0 Å². The quantitative estimate of drug-likeness (QED) is 0.829. The maximum absolute atomic E-state index is 12.5. The molecule has 0 radical (unpaired) electrons. The maximum Gasteiger partial charge on any atom is 0.230 e. The van der Waals surface area contributed by atoms with Crippen LogP contribution in [-0.2, 0) is 9.53 Å². The molecule has 19 heavy (non-hydrogen) atoms. The van der Waals surface area contributed by atoms with Gasteiger partial charge >= 0.3 is 0 Å². The Morgan fingerprint density at radius 2 is 2.00 bits per heavy atom. The van der Waals surface area contributed by atoms with Gasteiger partial charge in [0.1, 0.15) is 0 Å². The molecule has 4 heteroatoms. The molecule has 1 fully saturated rings. The number of amides is 1. The lowest BCUT2D eigenvalue weighted by Crippen LogP contribution is -2.49. The standard InChI is InChI=1S/C15H22N2O2/c1-10-8-17(9-11(2)19-10)15(18)12(3)13-5-4-6-14(16)7-13/h4-7,10-12H,8-9,16H2,1-3H3. The number of carbonyl (C=O) groups excluding carboxylic acids is 1. The number of rotatable bonds is 2. The number of nitrogens with two attached hydrogens (primary N) is 1. The van der Waals surface area contributed by atoms with Crippen LogP contribution < -0.4 is 5.73 Å². The van der Waals surface area contributed by atoms with Gasteiger partial charge in [0.2, 0.25) is 5.91 Å². The van der Waals surface area contributed by atoms with E-state index in [2.05, 4.69) is 0 Å². The van der Waals surface area contributed by atoms with Gasteiger partial charge < -0.3 is 15.4 Å². The predicted octanol–water partition coefficient (Wildman–Crippen LogP) is 2.01. The van der Waals surface area contributed by atoms with Crippen molar-refractivity contribution in [2.24, 2.45) is 0 Å². The lowest BCUT2D eigenvalue weighted by molar-refractivity contribution is -0.144. The summed E-state index contributed by atoms with van der Waals surface area (Å²) in [5, 5.41) is 0. The molecule has 1 saturated heterocycles. The summed E-state index contributed by atoms with van der Waals surface area (Å²) in [4.78, 5) is 14.4. The van der Waals surface area contributed by atoms with Gasteiger partial charge in [-0.15, -0.1) is 0 Å². The Morgan fingerprint density at radius 3 is 2.58 bits per heavy atom. The van der Waals surface area contributed by atoms with Crippen LogP contribution in [0.1, 0.15) is 32.3 Å². The summed E-state index contributed by atoms with van der Waals surface area (Å²) in [6, 6.07) is 7.54. The first-order chi connectivity index (χ1) is 8.97. The van der Waals surface area contributed by atoms with Crippen LogP contribution in [0.4, 0.5) is 5.69 Å². The van der Waals surface area contributed by atoms with Crippen LogP contribution in [0, 0.1) is 0 Å². The van der Waals surface area contributed by atoms with Crippen molar-refractivity contribution in [2.75, 3.05) is 18.8 Å². The molecule has 3 unspecified atom stereocenters. The summed E-state index contributed by atoms with van der Waals surface area (Å²) in [6.45, 7) is 7.26. The third-order valence-corrected chi connectivity index (χ3v) is 3.51. The Kier molecular flexibility index (Phi) is 4.10. The topological polar surface area (TPSA) is 55.6 Å². The number of ether oxygens (including phenoxy) is 1. The molecule has 1 amide bonds. The minimum atomic E-state index is -0.166. The van der Waals surface area contributed by atoms with Gasteiger partial charge in [-0.3, -0.25) is 4.79 Å². The van der Waals surface area contributed by atoms with Gasteiger partial charge in [0, 0.05) is 18.8 Å². The molecular formula is C15H22N2O2. The minimum absolute atomic E-state index is 0.0979. The van der Waals surface area contributed by atoms with E-state index in [9.17, 15) is 4.79 Å². The smallest absolute Gasteiger partial charge is 0.230 e. The Hall–Kier alpha value is -1.55. The van der Waals surface area contributed by atoms with Crippen molar-refractivity contribution in [3.63, 3.8) is 0 Å². The average molecular weight is 262 g/mol. The molecule has 1 aromatic rings. The zero-order valence-electron chi connectivity index (χ0n) is 11.8. The highest BCUT2D eigenvalue weighted by Crippen LogP contribution is 2.22. The molecule has 0 aliphatic carbocycles. The number of hydrogen-bond donors (Lipinski definition) is 1. The highest BCUT2D eigenvalue weighted by molar-refractivity contribution is 5.83. The number of anilines is 1. The number of carbonyl (C=O) groups is 1. The number of nitrogen functional groups attached to an aromatic ring is 1. The first-order valence-corrected chi connectivity index (χ1v) is 6.77. The van der Waals surface area contributed by atoms with Crippen molar-refractivity contribution in [1.82, 2.24) is 4.90 Å². The van der Waals surface area contributed by atoms with E-state index >= 15 is 0 Å². The molecule has 4 nitrogen and oxygen atoms in total. The average Bonchev–Trinajstić information content (AvgIpc) is 2.36. The van der Waals surface area contributed by atoms with Gasteiger partial charge in [-0.05, 0) is 38.5 Å². The first kappa shape index (κ1) is 13.9. The van der Waals surface area contributed by atoms with Crippen molar-refractivity contribution in [3.8, 4) is 0 Å². The monoisotopic (exact) mass is 262 g/mol. The number of benzene rings is 1. The summed E-state index contributed by atoms with van der Waals surface area (Å²) in [7, 11) is 0. The normalized spacial score (nSPS) is 25.1. The number of nitrogens with zero attached hydrogens (tertiary/aromatic N) is 1. The van der Waals surface area contributed by atoms with Crippen molar-refractivity contribution in [2.45, 2.75) is 38.9 Å². The third kappa shape index (κ3) is 3.26. The van der Waals surface area contributed by atoms with Crippen LogP contribution in [0.25, 0.3) is 0 Å². The predicted molar refractivity (Wildman–Crippen MR) is 75.9 cm³/mol. The zero-order valence-corrected chi connectivity index (χ0v) is 11.8. The van der Waals surface area contributed by atoms with Gasteiger partial charge in [0.05, 0.1) is 18.1 Å². The summed E-state index contributed by atoms with van der Waals surface area (Å²) < 4.78 is 5.66. The third-order valence-electron chi connectivity index (χ3n) is 3.51. The van der Waals surface area contributed by atoms with E-state index in [-0.39, 0.29) is 24.0 Å². The molecule has 0 saturated carbocycles. The van der Waals surface area contributed by atoms with E-state index in [1.165, 1.54) is 0 Å². The maximum atomic E-state index is 12.5. The van der Waals surface area contributed by atoms with Gasteiger partial charge in [-0.1, -0.05) is 12.1 Å². The van der Waals surface area contributed by atoms with Crippen molar-refractivity contribution >= 4 is 11.6 Å². The van der Waals surface area contributed by atoms with Crippen LogP contribution in [-0.4, -0.2) is 36.1 Å². The number of morpholine rings is 1. The van der Waals surface area contributed by atoms with Crippen molar-refractivity contribution in [1.29, 1.82) is 0 Å². The SMILES string of the molecule is CC1CN(C(=O)C(C)c2cccc(N)c2)CC(C)O1. The Morgan fingerprint density at radius 1 is 1.37 bits per heavy atom. The van der Waals surface area contributed by atoms with E-state index in [0.29, 0.717) is 18.8 Å². The molecule has 2 N–H and O–H groups in total. The fraction of sp³-hybridized carbons (Fsp3) is 0.533. The second-order valence-corrected chi connectivity index (χ2v) is 5.39. The molecular weight excluding hydrogens is 240 g/mol. The van der Waals surface area contributed by atoms with E-state index in [1.807, 2.05) is 49.9 Å². The molecule has 1 aliphatic heterocycles. The second-order valence-electron chi connectivity index (χ2n) is 5.39. The molecule has 0 bridgehead atoms.